The fourth-order valence-electron chi connectivity index (χ4n) is 2.75. The molecule has 1 aliphatic carbocycles. The first-order chi connectivity index (χ1) is 9.02. The van der Waals surface area contributed by atoms with Gasteiger partial charge in [0.05, 0.1) is 12.0 Å². The molecule has 0 aromatic carbocycles. The molecule has 0 saturated heterocycles. The number of alkyl halides is 3. The van der Waals surface area contributed by atoms with Gasteiger partial charge in [-0.15, -0.1) is 11.3 Å². The molecule has 3 unspecified atom stereocenters. The van der Waals surface area contributed by atoms with E-state index in [1.165, 1.54) is 11.3 Å². The van der Waals surface area contributed by atoms with Crippen molar-refractivity contribution in [1.29, 1.82) is 0 Å². The molecule has 0 amide bonds. The second-order valence-electron chi connectivity index (χ2n) is 5.04. The van der Waals surface area contributed by atoms with E-state index >= 15 is 0 Å². The zero-order valence-electron chi connectivity index (χ0n) is 10.9. The van der Waals surface area contributed by atoms with Crippen LogP contribution in [0.25, 0.3) is 0 Å². The van der Waals surface area contributed by atoms with E-state index in [4.69, 9.17) is 0 Å². The summed E-state index contributed by atoms with van der Waals surface area (Å²) in [4.78, 5) is 4.21. The lowest BCUT2D eigenvalue weighted by Crippen LogP contribution is -2.46. The number of nitrogens with one attached hydrogen (secondary N) is 1. The molecular formula is C13H19F3N2S. The van der Waals surface area contributed by atoms with Crippen LogP contribution in [-0.2, 0) is 0 Å². The average molecular weight is 292 g/mol. The number of hydrogen-bond acceptors (Lipinski definition) is 3. The van der Waals surface area contributed by atoms with Gasteiger partial charge < -0.3 is 5.32 Å². The number of nitrogens with zero attached hydrogens (tertiary/aromatic N) is 1. The van der Waals surface area contributed by atoms with Gasteiger partial charge in [0.2, 0.25) is 0 Å². The number of aromatic nitrogens is 1. The minimum atomic E-state index is -4.10. The second kappa shape index (κ2) is 6.22. The van der Waals surface area contributed by atoms with Gasteiger partial charge in [-0.05, 0) is 19.3 Å². The molecule has 2 nitrogen and oxygen atoms in total. The van der Waals surface area contributed by atoms with Crippen LogP contribution in [-0.4, -0.2) is 17.2 Å². The normalized spacial score (nSPS) is 26.3. The zero-order chi connectivity index (χ0) is 13.9. The van der Waals surface area contributed by atoms with Gasteiger partial charge in [0.15, 0.2) is 0 Å². The summed E-state index contributed by atoms with van der Waals surface area (Å²) < 4.78 is 39.1. The molecule has 2 rings (SSSR count). The maximum atomic E-state index is 13.0. The lowest BCUT2D eigenvalue weighted by molar-refractivity contribution is -0.189. The van der Waals surface area contributed by atoms with Crippen LogP contribution < -0.4 is 5.32 Å². The Hall–Kier alpha value is -0.620. The molecule has 0 bridgehead atoms. The van der Waals surface area contributed by atoms with Gasteiger partial charge in [0.25, 0.3) is 0 Å². The number of halogens is 3. The maximum Gasteiger partial charge on any atom is 0.393 e. The van der Waals surface area contributed by atoms with E-state index < -0.39 is 18.1 Å². The van der Waals surface area contributed by atoms with Gasteiger partial charge in [-0.2, -0.15) is 13.2 Å². The summed E-state index contributed by atoms with van der Waals surface area (Å²) in [6.07, 6.45) is 0.761. The highest BCUT2D eigenvalue weighted by molar-refractivity contribution is 7.09. The van der Waals surface area contributed by atoms with E-state index in [9.17, 15) is 13.2 Å². The smallest absolute Gasteiger partial charge is 0.305 e. The minimum absolute atomic E-state index is 0.0621. The van der Waals surface area contributed by atoms with Gasteiger partial charge in [-0.3, -0.25) is 0 Å². The summed E-state index contributed by atoms with van der Waals surface area (Å²) in [5, 5.41) is 5.94. The van der Waals surface area contributed by atoms with Crippen LogP contribution in [0.1, 0.15) is 50.1 Å². The van der Waals surface area contributed by atoms with E-state index in [-0.39, 0.29) is 12.5 Å². The molecule has 0 spiro atoms. The van der Waals surface area contributed by atoms with Crippen LogP contribution in [0.15, 0.2) is 11.6 Å². The molecule has 1 aliphatic rings. The Morgan fingerprint density at radius 2 is 2.16 bits per heavy atom. The lowest BCUT2D eigenvalue weighted by Gasteiger charge is -2.35. The first-order valence-electron chi connectivity index (χ1n) is 6.74. The molecule has 1 aromatic rings. The fraction of sp³-hybridized carbons (Fsp3) is 0.769. The van der Waals surface area contributed by atoms with Crippen molar-refractivity contribution in [3.63, 3.8) is 0 Å². The highest BCUT2D eigenvalue weighted by Crippen LogP contribution is 2.38. The van der Waals surface area contributed by atoms with Crippen LogP contribution in [0.5, 0.6) is 0 Å². The van der Waals surface area contributed by atoms with Crippen molar-refractivity contribution < 1.29 is 13.2 Å². The first-order valence-corrected chi connectivity index (χ1v) is 7.62. The van der Waals surface area contributed by atoms with Crippen molar-refractivity contribution in [2.45, 2.75) is 57.3 Å². The Morgan fingerprint density at radius 3 is 2.74 bits per heavy atom. The summed E-state index contributed by atoms with van der Waals surface area (Å²) in [6, 6.07) is -0.532. The summed E-state index contributed by atoms with van der Waals surface area (Å²) in [7, 11) is 0. The molecule has 6 heteroatoms. The molecule has 1 aromatic heterocycles. The minimum Gasteiger partial charge on any atom is -0.305 e. The predicted octanol–water partition coefficient (Wildman–Crippen LogP) is 4.30. The molecule has 1 fully saturated rings. The van der Waals surface area contributed by atoms with E-state index in [1.807, 2.05) is 12.3 Å². The quantitative estimate of drug-likeness (QED) is 0.894. The summed E-state index contributed by atoms with van der Waals surface area (Å²) in [6.45, 7) is 1.98. The Labute approximate surface area is 115 Å². The zero-order valence-corrected chi connectivity index (χ0v) is 11.7. The fourth-order valence-corrected chi connectivity index (χ4v) is 3.53. The molecular weight excluding hydrogens is 273 g/mol. The monoisotopic (exact) mass is 292 g/mol. The van der Waals surface area contributed by atoms with Crippen LogP contribution >= 0.6 is 11.3 Å². The third-order valence-corrected chi connectivity index (χ3v) is 4.65. The number of rotatable bonds is 4. The standard InChI is InChI=1S/C13H19F3N2S/c1-2-10(12-17-7-8-19-12)18-11-6-4-3-5-9(11)13(14,15)16/h7-11,18H,2-6H2,1H3. The average Bonchev–Trinajstić information content (AvgIpc) is 2.89. The van der Waals surface area contributed by atoms with E-state index in [2.05, 4.69) is 10.3 Å². The van der Waals surface area contributed by atoms with E-state index in [0.717, 1.165) is 17.8 Å². The van der Waals surface area contributed by atoms with E-state index in [1.54, 1.807) is 6.20 Å². The SMILES string of the molecule is CCC(NC1CCCCC1C(F)(F)F)c1nccs1. The molecule has 108 valence electrons. The van der Waals surface area contributed by atoms with Crippen molar-refractivity contribution >= 4 is 11.3 Å². The highest BCUT2D eigenvalue weighted by Gasteiger charge is 2.45. The largest absolute Gasteiger partial charge is 0.393 e. The Bertz CT molecular complexity index is 378. The highest BCUT2D eigenvalue weighted by atomic mass is 32.1. The van der Waals surface area contributed by atoms with Gasteiger partial charge in [0.1, 0.15) is 5.01 Å². The first kappa shape index (κ1) is 14.8. The van der Waals surface area contributed by atoms with Crippen molar-refractivity contribution in [3.05, 3.63) is 16.6 Å². The van der Waals surface area contributed by atoms with Crippen molar-refractivity contribution in [2.75, 3.05) is 0 Å². The Balaban J connectivity index is 2.06. The van der Waals surface area contributed by atoms with Crippen molar-refractivity contribution in [1.82, 2.24) is 10.3 Å². The van der Waals surface area contributed by atoms with Gasteiger partial charge >= 0.3 is 6.18 Å². The molecule has 0 aliphatic heterocycles. The summed E-state index contributed by atoms with van der Waals surface area (Å²) in [5.74, 6) is -1.21. The number of thiazole rings is 1. The molecule has 0 radical (unpaired) electrons. The lowest BCUT2D eigenvalue weighted by atomic mass is 9.83. The van der Waals surface area contributed by atoms with Crippen LogP contribution in [0.2, 0.25) is 0 Å². The van der Waals surface area contributed by atoms with E-state index in [0.29, 0.717) is 12.8 Å². The van der Waals surface area contributed by atoms with Crippen molar-refractivity contribution in [3.8, 4) is 0 Å². The van der Waals surface area contributed by atoms with Crippen molar-refractivity contribution in [2.24, 2.45) is 5.92 Å². The van der Waals surface area contributed by atoms with Gasteiger partial charge in [0, 0.05) is 17.6 Å². The third-order valence-electron chi connectivity index (χ3n) is 3.76. The Morgan fingerprint density at radius 1 is 1.42 bits per heavy atom. The molecule has 3 atom stereocenters. The third kappa shape index (κ3) is 3.69. The molecule has 1 saturated carbocycles. The summed E-state index contributed by atoms with van der Waals surface area (Å²) in [5.41, 5.74) is 0. The van der Waals surface area contributed by atoms with Gasteiger partial charge in [-0.1, -0.05) is 19.8 Å². The maximum absolute atomic E-state index is 13.0. The van der Waals surface area contributed by atoms with Crippen LogP contribution in [0.3, 0.4) is 0 Å². The molecule has 19 heavy (non-hydrogen) atoms. The molecule has 1 heterocycles. The topological polar surface area (TPSA) is 24.9 Å². The molecule has 1 N–H and O–H groups in total. The second-order valence-corrected chi connectivity index (χ2v) is 5.96. The predicted molar refractivity (Wildman–Crippen MR) is 70.1 cm³/mol. The van der Waals surface area contributed by atoms with Crippen LogP contribution in [0.4, 0.5) is 13.2 Å². The van der Waals surface area contributed by atoms with Crippen LogP contribution in [0, 0.1) is 5.92 Å². The number of hydrogen-bond donors (Lipinski definition) is 1. The van der Waals surface area contributed by atoms with Gasteiger partial charge in [-0.25, -0.2) is 4.98 Å². The summed E-state index contributed by atoms with van der Waals surface area (Å²) >= 11 is 1.50. The Kier molecular flexibility index (Phi) is 4.84.